The van der Waals surface area contributed by atoms with Gasteiger partial charge < -0.3 is 15.4 Å². The van der Waals surface area contributed by atoms with Gasteiger partial charge in [-0.15, -0.1) is 0 Å². The van der Waals surface area contributed by atoms with Crippen LogP contribution in [0.15, 0.2) is 24.3 Å². The van der Waals surface area contributed by atoms with E-state index in [2.05, 4.69) is 17.6 Å². The van der Waals surface area contributed by atoms with Crippen molar-refractivity contribution in [1.82, 2.24) is 0 Å². The first-order chi connectivity index (χ1) is 8.22. The Balaban J connectivity index is 2.28. The fraction of sp³-hybridized carbons (Fsp3) is 0.462. The van der Waals surface area contributed by atoms with Crippen LogP contribution in [0.5, 0.6) is 0 Å². The third kappa shape index (κ3) is 5.92. The number of hydrogen-bond acceptors (Lipinski definition) is 3. The maximum absolute atomic E-state index is 10.8. The first-order valence-electron chi connectivity index (χ1n) is 5.91. The standard InChI is InChI=1S/C13H20N2O2/c1-3-9-17-10-8-14-12-4-6-13(7-5-12)15-11(2)16/h4-7,14H,3,8-10H2,1-2H3,(H,15,16). The highest BCUT2D eigenvalue weighted by molar-refractivity contribution is 5.88. The van der Waals surface area contributed by atoms with E-state index in [4.69, 9.17) is 4.74 Å². The highest BCUT2D eigenvalue weighted by Gasteiger charge is 1.95. The number of hydrogen-bond donors (Lipinski definition) is 2. The molecule has 0 atom stereocenters. The van der Waals surface area contributed by atoms with Gasteiger partial charge in [0.25, 0.3) is 0 Å². The predicted octanol–water partition coefficient (Wildman–Crippen LogP) is 2.48. The zero-order chi connectivity index (χ0) is 12.5. The Hall–Kier alpha value is -1.55. The van der Waals surface area contributed by atoms with E-state index in [1.165, 1.54) is 6.92 Å². The third-order valence-electron chi connectivity index (χ3n) is 2.13. The fourth-order valence-corrected chi connectivity index (χ4v) is 1.39. The number of amides is 1. The summed E-state index contributed by atoms with van der Waals surface area (Å²) in [5, 5.41) is 5.97. The molecule has 1 rings (SSSR count). The number of nitrogens with one attached hydrogen (secondary N) is 2. The molecule has 1 aromatic carbocycles. The van der Waals surface area contributed by atoms with E-state index in [9.17, 15) is 4.79 Å². The van der Waals surface area contributed by atoms with Crippen LogP contribution in [0.25, 0.3) is 0 Å². The highest BCUT2D eigenvalue weighted by Crippen LogP contribution is 2.12. The maximum Gasteiger partial charge on any atom is 0.221 e. The molecule has 0 unspecified atom stereocenters. The molecular formula is C13H20N2O2. The summed E-state index contributed by atoms with van der Waals surface area (Å²) in [7, 11) is 0. The van der Waals surface area contributed by atoms with E-state index in [0.717, 1.165) is 30.9 Å². The molecule has 94 valence electrons. The number of ether oxygens (including phenoxy) is 1. The normalized spacial score (nSPS) is 10.0. The molecule has 0 fully saturated rings. The van der Waals surface area contributed by atoms with Crippen molar-refractivity contribution in [2.75, 3.05) is 30.4 Å². The molecule has 0 aromatic heterocycles. The van der Waals surface area contributed by atoms with E-state index in [0.29, 0.717) is 6.61 Å². The lowest BCUT2D eigenvalue weighted by atomic mass is 10.3. The highest BCUT2D eigenvalue weighted by atomic mass is 16.5. The summed E-state index contributed by atoms with van der Waals surface area (Å²) in [6, 6.07) is 7.61. The number of anilines is 2. The Morgan fingerprint density at radius 3 is 2.41 bits per heavy atom. The first kappa shape index (κ1) is 13.5. The van der Waals surface area contributed by atoms with Gasteiger partial charge in [-0.2, -0.15) is 0 Å². The second-order valence-electron chi connectivity index (χ2n) is 3.80. The average Bonchev–Trinajstić information content (AvgIpc) is 2.30. The van der Waals surface area contributed by atoms with Crippen molar-refractivity contribution in [1.29, 1.82) is 0 Å². The first-order valence-corrected chi connectivity index (χ1v) is 5.91. The number of carbonyl (C=O) groups excluding carboxylic acids is 1. The summed E-state index contributed by atoms with van der Waals surface area (Å²) < 4.78 is 5.36. The minimum absolute atomic E-state index is 0.0568. The second-order valence-corrected chi connectivity index (χ2v) is 3.80. The lowest BCUT2D eigenvalue weighted by Crippen LogP contribution is -2.10. The van der Waals surface area contributed by atoms with Crippen molar-refractivity contribution < 1.29 is 9.53 Å². The van der Waals surface area contributed by atoms with Crippen molar-refractivity contribution in [2.24, 2.45) is 0 Å². The summed E-state index contributed by atoms with van der Waals surface area (Å²) in [5.41, 5.74) is 1.84. The van der Waals surface area contributed by atoms with Gasteiger partial charge in [0.2, 0.25) is 5.91 Å². The summed E-state index contributed by atoms with van der Waals surface area (Å²) in [4.78, 5) is 10.8. The van der Waals surface area contributed by atoms with E-state index < -0.39 is 0 Å². The molecule has 0 saturated carbocycles. The molecule has 0 radical (unpaired) electrons. The Kier molecular flexibility index (Phi) is 6.10. The van der Waals surface area contributed by atoms with Crippen molar-refractivity contribution in [3.63, 3.8) is 0 Å². The molecule has 0 spiro atoms. The summed E-state index contributed by atoms with van der Waals surface area (Å²) >= 11 is 0. The molecule has 0 heterocycles. The molecule has 4 heteroatoms. The number of carbonyl (C=O) groups is 1. The smallest absolute Gasteiger partial charge is 0.221 e. The van der Waals surface area contributed by atoms with Gasteiger partial charge in [-0.3, -0.25) is 4.79 Å². The van der Waals surface area contributed by atoms with Crippen LogP contribution in [0.4, 0.5) is 11.4 Å². The second kappa shape index (κ2) is 7.68. The van der Waals surface area contributed by atoms with Crippen LogP contribution < -0.4 is 10.6 Å². The molecule has 4 nitrogen and oxygen atoms in total. The largest absolute Gasteiger partial charge is 0.383 e. The maximum atomic E-state index is 10.8. The molecule has 1 aromatic rings. The SMILES string of the molecule is CCCOCCNc1ccc(NC(C)=O)cc1. The third-order valence-corrected chi connectivity index (χ3v) is 2.13. The molecular weight excluding hydrogens is 216 g/mol. The van der Waals surface area contributed by atoms with Gasteiger partial charge in [-0.25, -0.2) is 0 Å². The Labute approximate surface area is 102 Å². The van der Waals surface area contributed by atoms with Crippen molar-refractivity contribution in [3.8, 4) is 0 Å². The van der Waals surface area contributed by atoms with Gasteiger partial charge >= 0.3 is 0 Å². The van der Waals surface area contributed by atoms with Crippen LogP contribution in [0.2, 0.25) is 0 Å². The molecule has 0 aliphatic carbocycles. The summed E-state index contributed by atoms with van der Waals surface area (Å²) in [6.07, 6.45) is 1.05. The number of benzene rings is 1. The van der Waals surface area contributed by atoms with Crippen molar-refractivity contribution >= 4 is 17.3 Å². The van der Waals surface area contributed by atoms with Crippen LogP contribution in [-0.2, 0) is 9.53 Å². The lowest BCUT2D eigenvalue weighted by Gasteiger charge is -2.08. The monoisotopic (exact) mass is 236 g/mol. The number of rotatable bonds is 7. The quantitative estimate of drug-likeness (QED) is 0.715. The van der Waals surface area contributed by atoms with E-state index in [1.807, 2.05) is 24.3 Å². The van der Waals surface area contributed by atoms with Crippen molar-refractivity contribution in [3.05, 3.63) is 24.3 Å². The van der Waals surface area contributed by atoms with Crippen LogP contribution in [-0.4, -0.2) is 25.7 Å². The Morgan fingerprint density at radius 2 is 1.82 bits per heavy atom. The zero-order valence-electron chi connectivity index (χ0n) is 10.5. The molecule has 2 N–H and O–H groups in total. The molecule has 1 amide bonds. The van der Waals surface area contributed by atoms with Gasteiger partial charge in [-0.1, -0.05) is 6.92 Å². The van der Waals surface area contributed by atoms with Gasteiger partial charge in [0.15, 0.2) is 0 Å². The van der Waals surface area contributed by atoms with Gasteiger partial charge in [0.05, 0.1) is 6.61 Å². The van der Waals surface area contributed by atoms with Crippen LogP contribution >= 0.6 is 0 Å². The van der Waals surface area contributed by atoms with Crippen LogP contribution in [0.1, 0.15) is 20.3 Å². The molecule has 0 bridgehead atoms. The van der Waals surface area contributed by atoms with Gasteiger partial charge in [0, 0.05) is 31.5 Å². The fourth-order valence-electron chi connectivity index (χ4n) is 1.39. The van der Waals surface area contributed by atoms with Gasteiger partial charge in [0.1, 0.15) is 0 Å². The molecule has 0 aliphatic rings. The van der Waals surface area contributed by atoms with E-state index in [1.54, 1.807) is 0 Å². The molecule has 0 aliphatic heterocycles. The Bertz CT molecular complexity index is 336. The van der Waals surface area contributed by atoms with E-state index >= 15 is 0 Å². The molecule has 17 heavy (non-hydrogen) atoms. The van der Waals surface area contributed by atoms with Crippen LogP contribution in [0.3, 0.4) is 0 Å². The zero-order valence-corrected chi connectivity index (χ0v) is 10.5. The minimum Gasteiger partial charge on any atom is -0.383 e. The van der Waals surface area contributed by atoms with Crippen molar-refractivity contribution in [2.45, 2.75) is 20.3 Å². The predicted molar refractivity (Wildman–Crippen MR) is 70.3 cm³/mol. The Morgan fingerprint density at radius 1 is 1.18 bits per heavy atom. The minimum atomic E-state index is -0.0568. The van der Waals surface area contributed by atoms with Crippen LogP contribution in [0, 0.1) is 0 Å². The average molecular weight is 236 g/mol. The molecule has 0 saturated heterocycles. The topological polar surface area (TPSA) is 50.4 Å². The van der Waals surface area contributed by atoms with Gasteiger partial charge in [-0.05, 0) is 30.7 Å². The lowest BCUT2D eigenvalue weighted by molar-refractivity contribution is -0.114. The van der Waals surface area contributed by atoms with E-state index in [-0.39, 0.29) is 5.91 Å². The summed E-state index contributed by atoms with van der Waals surface area (Å²) in [6.45, 7) is 5.90. The summed E-state index contributed by atoms with van der Waals surface area (Å²) in [5.74, 6) is -0.0568.